The summed E-state index contributed by atoms with van der Waals surface area (Å²) >= 11 is 0. The highest BCUT2D eigenvalue weighted by atomic mass is 16.2. The summed E-state index contributed by atoms with van der Waals surface area (Å²) in [6.45, 7) is 3.92. The molecule has 44 heavy (non-hydrogen) atoms. The SMILES string of the molecule is Cc1ccc(N2C(=O)c3ccc4c5ccc6c7c(ccc(c8ccc(c3c48)C2=O)c75)C(=O)N(c2ccc(C)cc2)C6=O)cc1. The van der Waals surface area contributed by atoms with Crippen molar-refractivity contribution in [3.63, 3.8) is 0 Å². The van der Waals surface area contributed by atoms with E-state index in [2.05, 4.69) is 0 Å². The first kappa shape index (κ1) is 24.7. The molecule has 0 aliphatic carbocycles. The Morgan fingerprint density at radius 1 is 0.341 bits per heavy atom. The number of nitrogens with zero attached hydrogens (tertiary/aromatic N) is 2. The Morgan fingerprint density at radius 2 is 0.614 bits per heavy atom. The predicted molar refractivity (Wildman–Crippen MR) is 172 cm³/mol. The lowest BCUT2D eigenvalue weighted by molar-refractivity contribution is 0.0877. The third kappa shape index (κ3) is 2.99. The molecule has 0 saturated heterocycles. The third-order valence-corrected chi connectivity index (χ3v) is 9.22. The maximum Gasteiger partial charge on any atom is 0.265 e. The van der Waals surface area contributed by atoms with Gasteiger partial charge in [0.25, 0.3) is 23.6 Å². The molecule has 6 heteroatoms. The highest BCUT2D eigenvalue weighted by Gasteiger charge is 2.37. The van der Waals surface area contributed by atoms with E-state index < -0.39 is 0 Å². The summed E-state index contributed by atoms with van der Waals surface area (Å²) in [6.07, 6.45) is 0. The van der Waals surface area contributed by atoms with Crippen LogP contribution in [0.2, 0.25) is 0 Å². The fourth-order valence-electron chi connectivity index (χ4n) is 7.12. The number of hydrogen-bond acceptors (Lipinski definition) is 4. The zero-order valence-corrected chi connectivity index (χ0v) is 23.8. The monoisotopic (exact) mass is 570 g/mol. The maximum atomic E-state index is 13.9. The molecule has 4 amide bonds. The van der Waals surface area contributed by atoms with Gasteiger partial charge in [-0.05, 0) is 94.7 Å². The average molecular weight is 571 g/mol. The summed E-state index contributed by atoms with van der Waals surface area (Å²) in [5.41, 5.74) is 5.00. The van der Waals surface area contributed by atoms with Crippen molar-refractivity contribution in [2.45, 2.75) is 13.8 Å². The number of aryl methyl sites for hydroxylation is 2. The van der Waals surface area contributed by atoms with Crippen molar-refractivity contribution in [2.24, 2.45) is 0 Å². The molecule has 6 nitrogen and oxygen atoms in total. The van der Waals surface area contributed by atoms with Crippen molar-refractivity contribution in [1.29, 1.82) is 0 Å². The number of amides is 4. The second kappa shape index (κ2) is 8.36. The first-order chi connectivity index (χ1) is 21.3. The van der Waals surface area contributed by atoms with Gasteiger partial charge in [0.05, 0.1) is 11.4 Å². The van der Waals surface area contributed by atoms with Crippen LogP contribution in [-0.4, -0.2) is 23.6 Å². The highest BCUT2D eigenvalue weighted by molar-refractivity contribution is 6.45. The van der Waals surface area contributed by atoms with E-state index in [9.17, 15) is 19.2 Å². The lowest BCUT2D eigenvalue weighted by Crippen LogP contribution is -2.40. The van der Waals surface area contributed by atoms with E-state index in [0.717, 1.165) is 43.4 Å². The van der Waals surface area contributed by atoms with Gasteiger partial charge < -0.3 is 0 Å². The molecule has 0 bridgehead atoms. The summed E-state index contributed by atoms with van der Waals surface area (Å²) in [7, 11) is 0. The zero-order chi connectivity index (χ0) is 30.0. The molecule has 0 unspecified atom stereocenters. The van der Waals surface area contributed by atoms with Crippen LogP contribution in [0, 0.1) is 13.8 Å². The Morgan fingerprint density at radius 3 is 0.886 bits per heavy atom. The molecule has 0 saturated carbocycles. The molecule has 7 aromatic rings. The predicted octanol–water partition coefficient (Wildman–Crippen LogP) is 7.96. The van der Waals surface area contributed by atoms with Crippen LogP contribution in [0.1, 0.15) is 52.6 Å². The number of benzene rings is 7. The molecule has 9 rings (SSSR count). The molecule has 0 N–H and O–H groups in total. The molecule has 2 heterocycles. The van der Waals surface area contributed by atoms with Crippen molar-refractivity contribution in [3.8, 4) is 0 Å². The van der Waals surface area contributed by atoms with Gasteiger partial charge in [0, 0.05) is 33.0 Å². The number of rotatable bonds is 2. The Hall–Kier alpha value is -5.88. The van der Waals surface area contributed by atoms with Crippen molar-refractivity contribution in [2.75, 3.05) is 9.80 Å². The van der Waals surface area contributed by atoms with Crippen LogP contribution >= 0.6 is 0 Å². The Bertz CT molecular complexity index is 2180. The second-order valence-corrected chi connectivity index (χ2v) is 11.7. The molecule has 0 fully saturated rings. The van der Waals surface area contributed by atoms with E-state index in [1.807, 2.05) is 62.4 Å². The molecule has 0 aromatic heterocycles. The second-order valence-electron chi connectivity index (χ2n) is 11.7. The topological polar surface area (TPSA) is 74.8 Å². The van der Waals surface area contributed by atoms with Crippen LogP contribution in [0.3, 0.4) is 0 Å². The lowest BCUT2D eigenvalue weighted by atomic mass is 9.82. The average Bonchev–Trinajstić information content (AvgIpc) is 3.03. The lowest BCUT2D eigenvalue weighted by Gasteiger charge is -2.30. The Balaban J connectivity index is 1.31. The molecule has 2 aliphatic heterocycles. The van der Waals surface area contributed by atoms with Gasteiger partial charge in [0.15, 0.2) is 0 Å². The molecule has 208 valence electrons. The smallest absolute Gasteiger partial charge is 0.265 e. The van der Waals surface area contributed by atoms with Gasteiger partial charge in [0.1, 0.15) is 0 Å². The Labute approximate surface area is 251 Å². The summed E-state index contributed by atoms with van der Waals surface area (Å²) in [4.78, 5) is 58.0. The highest BCUT2D eigenvalue weighted by Crippen LogP contribution is 2.46. The summed E-state index contributed by atoms with van der Waals surface area (Å²) < 4.78 is 0. The van der Waals surface area contributed by atoms with Gasteiger partial charge in [-0.1, -0.05) is 59.7 Å². The van der Waals surface area contributed by atoms with Gasteiger partial charge in [-0.3, -0.25) is 19.2 Å². The van der Waals surface area contributed by atoms with Crippen LogP contribution in [0.4, 0.5) is 11.4 Å². The first-order valence-corrected chi connectivity index (χ1v) is 14.4. The van der Waals surface area contributed by atoms with Crippen LogP contribution in [0.25, 0.3) is 43.1 Å². The minimum atomic E-state index is -0.363. The molecule has 0 spiro atoms. The van der Waals surface area contributed by atoms with Crippen LogP contribution in [0.5, 0.6) is 0 Å². The zero-order valence-electron chi connectivity index (χ0n) is 23.8. The minimum absolute atomic E-state index is 0.363. The van der Waals surface area contributed by atoms with E-state index in [0.29, 0.717) is 44.4 Å². The number of anilines is 2. The molecular formula is C38H22N2O4. The normalized spacial score (nSPS) is 14.7. The van der Waals surface area contributed by atoms with Crippen molar-refractivity contribution in [1.82, 2.24) is 0 Å². The molecule has 0 radical (unpaired) electrons. The summed E-state index contributed by atoms with van der Waals surface area (Å²) in [5, 5.41) is 6.38. The van der Waals surface area contributed by atoms with Crippen LogP contribution in [0.15, 0.2) is 97.1 Å². The van der Waals surface area contributed by atoms with E-state index in [1.54, 1.807) is 48.5 Å². The fourth-order valence-corrected chi connectivity index (χ4v) is 7.12. The summed E-state index contributed by atoms with van der Waals surface area (Å²) in [5.74, 6) is -1.45. The number of hydrogen-bond donors (Lipinski definition) is 0. The Kier molecular flexibility index (Phi) is 4.69. The molecule has 0 atom stereocenters. The van der Waals surface area contributed by atoms with Crippen molar-refractivity contribution in [3.05, 3.63) is 130 Å². The van der Waals surface area contributed by atoms with Crippen LogP contribution in [-0.2, 0) is 0 Å². The molecule has 7 aromatic carbocycles. The van der Waals surface area contributed by atoms with Gasteiger partial charge in [0.2, 0.25) is 0 Å². The van der Waals surface area contributed by atoms with Crippen LogP contribution < -0.4 is 9.80 Å². The van der Waals surface area contributed by atoms with E-state index in [-0.39, 0.29) is 23.6 Å². The number of fused-ring (bicyclic) bond motifs is 2. The minimum Gasteiger partial charge on any atom is -0.268 e. The number of imide groups is 2. The quantitative estimate of drug-likeness (QED) is 0.120. The largest absolute Gasteiger partial charge is 0.268 e. The van der Waals surface area contributed by atoms with E-state index >= 15 is 0 Å². The number of carbonyl (C=O) groups excluding carboxylic acids is 4. The van der Waals surface area contributed by atoms with Gasteiger partial charge >= 0.3 is 0 Å². The fraction of sp³-hybridized carbons (Fsp3) is 0.0526. The molecular weight excluding hydrogens is 548 g/mol. The van der Waals surface area contributed by atoms with Gasteiger partial charge in [-0.15, -0.1) is 0 Å². The molecule has 2 aliphatic rings. The standard InChI is InChI=1S/C38H22N2O4/c1-19-3-7-21(8-4-19)39-35(41)27-15-11-23-25-13-17-29-34-30(38(44)40(37(29)43)22-9-5-20(2)6-10-22)18-14-26(32(25)34)24-12-16-28(36(39)42)33(27)31(23)24/h3-18H,1-2H3. The van der Waals surface area contributed by atoms with E-state index in [1.165, 1.54) is 9.80 Å². The maximum absolute atomic E-state index is 13.9. The van der Waals surface area contributed by atoms with Gasteiger partial charge in [-0.25, -0.2) is 9.80 Å². The third-order valence-electron chi connectivity index (χ3n) is 9.22. The van der Waals surface area contributed by atoms with Gasteiger partial charge in [-0.2, -0.15) is 0 Å². The number of carbonyl (C=O) groups is 4. The van der Waals surface area contributed by atoms with Crippen molar-refractivity contribution < 1.29 is 19.2 Å². The van der Waals surface area contributed by atoms with Crippen molar-refractivity contribution >= 4 is 78.1 Å². The van der Waals surface area contributed by atoms with E-state index in [4.69, 9.17) is 0 Å². The summed E-state index contributed by atoms with van der Waals surface area (Å²) in [6, 6.07) is 29.5. The first-order valence-electron chi connectivity index (χ1n) is 14.4.